The molecule has 1 saturated heterocycles. The molecule has 2 aromatic rings. The van der Waals surface area contributed by atoms with Crippen molar-refractivity contribution in [3.63, 3.8) is 0 Å². The van der Waals surface area contributed by atoms with E-state index in [1.165, 1.54) is 11.3 Å². The van der Waals surface area contributed by atoms with Crippen molar-refractivity contribution in [1.82, 2.24) is 9.88 Å². The summed E-state index contributed by atoms with van der Waals surface area (Å²) in [7, 11) is 0. The lowest BCUT2D eigenvalue weighted by molar-refractivity contribution is -0.141. The first kappa shape index (κ1) is 21.7. The number of hydrogen-bond acceptors (Lipinski definition) is 4. The molecule has 136 valence electrons. The Bertz CT molecular complexity index is 782. The number of aliphatic carboxylic acids is 1. The van der Waals surface area contributed by atoms with E-state index in [1.54, 1.807) is 17.9 Å². The Morgan fingerprint density at radius 1 is 1.36 bits per heavy atom. The highest BCUT2D eigenvalue weighted by Gasteiger charge is 2.32. The number of rotatable bonds is 3. The van der Waals surface area contributed by atoms with Gasteiger partial charge < -0.3 is 10.0 Å². The second-order valence-electron chi connectivity index (χ2n) is 5.52. The van der Waals surface area contributed by atoms with E-state index in [1.807, 2.05) is 18.2 Å². The Labute approximate surface area is 166 Å². The average Bonchev–Trinajstić information content (AvgIpc) is 3.13. The summed E-state index contributed by atoms with van der Waals surface area (Å²) in [6, 6.07) is 7.33. The number of amides is 1. The monoisotopic (exact) mass is 422 g/mol. The summed E-state index contributed by atoms with van der Waals surface area (Å²) in [6.45, 7) is 2.53. The van der Waals surface area contributed by atoms with Crippen LogP contribution < -0.4 is 0 Å². The minimum Gasteiger partial charge on any atom is -0.481 e. The van der Waals surface area contributed by atoms with E-state index in [-0.39, 0.29) is 37.3 Å². The van der Waals surface area contributed by atoms with Gasteiger partial charge in [0.15, 0.2) is 0 Å². The molecular formula is C16H17Cl3N2O3S. The molecule has 1 fully saturated rings. The number of aryl methyl sites for hydroxylation is 1. The van der Waals surface area contributed by atoms with Gasteiger partial charge in [-0.05, 0) is 25.5 Å². The van der Waals surface area contributed by atoms with E-state index in [0.717, 1.165) is 10.6 Å². The average molecular weight is 424 g/mol. The number of carbonyl (C=O) groups is 2. The molecule has 0 spiro atoms. The number of aromatic nitrogens is 1. The summed E-state index contributed by atoms with van der Waals surface area (Å²) in [5.74, 6) is -1.46. The van der Waals surface area contributed by atoms with Crippen LogP contribution in [0.1, 0.15) is 21.8 Å². The molecule has 1 aliphatic heterocycles. The predicted molar refractivity (Wildman–Crippen MR) is 103 cm³/mol. The molecule has 1 aromatic heterocycles. The van der Waals surface area contributed by atoms with Crippen LogP contribution >= 0.6 is 47.8 Å². The first-order valence-corrected chi connectivity index (χ1v) is 8.40. The molecule has 5 nitrogen and oxygen atoms in total. The summed E-state index contributed by atoms with van der Waals surface area (Å²) in [4.78, 5) is 30.3. The fourth-order valence-electron chi connectivity index (χ4n) is 2.63. The Balaban J connectivity index is 0.00000156. The van der Waals surface area contributed by atoms with Gasteiger partial charge in [0.1, 0.15) is 9.88 Å². The van der Waals surface area contributed by atoms with Crippen molar-refractivity contribution in [1.29, 1.82) is 0 Å². The second-order valence-corrected chi connectivity index (χ2v) is 6.95. The number of carbonyl (C=O) groups excluding carboxylic acids is 1. The Hall–Kier alpha value is -1.34. The largest absolute Gasteiger partial charge is 0.481 e. The van der Waals surface area contributed by atoms with Crippen LogP contribution in [-0.2, 0) is 4.79 Å². The molecule has 2 heterocycles. The highest BCUT2D eigenvalue weighted by molar-refractivity contribution is 7.17. The van der Waals surface area contributed by atoms with E-state index in [9.17, 15) is 9.59 Å². The van der Waals surface area contributed by atoms with Gasteiger partial charge in [-0.15, -0.1) is 36.2 Å². The van der Waals surface area contributed by atoms with Crippen molar-refractivity contribution in [2.45, 2.75) is 13.3 Å². The third kappa shape index (κ3) is 4.64. The lowest BCUT2D eigenvalue weighted by Crippen LogP contribution is -2.29. The molecule has 1 aromatic carbocycles. The Kier molecular flexibility index (Phi) is 7.68. The summed E-state index contributed by atoms with van der Waals surface area (Å²) < 4.78 is 0. The SMILES string of the molecule is Cc1nc(-c2cccc(Cl)c2)sc1C(=O)N1CCC(C(=O)O)C1.Cl.Cl. The highest BCUT2D eigenvalue weighted by Crippen LogP contribution is 2.31. The standard InChI is InChI=1S/C16H15ClN2O3S.2ClH/c1-9-13(15(20)19-6-5-11(8-19)16(21)22)23-14(18-9)10-3-2-4-12(17)7-10;;/h2-4,7,11H,5-6,8H2,1H3,(H,21,22);2*1H. The van der Waals surface area contributed by atoms with Crippen LogP contribution in [0, 0.1) is 12.8 Å². The Morgan fingerprint density at radius 3 is 2.68 bits per heavy atom. The van der Waals surface area contributed by atoms with Gasteiger partial charge in [0, 0.05) is 23.7 Å². The topological polar surface area (TPSA) is 70.5 Å². The van der Waals surface area contributed by atoms with Crippen molar-refractivity contribution in [2.24, 2.45) is 5.92 Å². The quantitative estimate of drug-likeness (QED) is 0.804. The third-order valence-corrected chi connectivity index (χ3v) is 5.32. The molecule has 0 saturated carbocycles. The van der Waals surface area contributed by atoms with Gasteiger partial charge in [-0.2, -0.15) is 0 Å². The molecule has 1 atom stereocenters. The zero-order valence-electron chi connectivity index (χ0n) is 13.3. The molecule has 1 unspecified atom stereocenters. The maximum atomic E-state index is 12.6. The highest BCUT2D eigenvalue weighted by atomic mass is 35.5. The smallest absolute Gasteiger partial charge is 0.308 e. The first-order chi connectivity index (χ1) is 11.0. The molecule has 0 aliphatic carbocycles. The van der Waals surface area contributed by atoms with E-state index < -0.39 is 11.9 Å². The fourth-order valence-corrected chi connectivity index (χ4v) is 3.85. The fraction of sp³-hybridized carbons (Fsp3) is 0.312. The van der Waals surface area contributed by atoms with Crippen LogP contribution in [0.3, 0.4) is 0 Å². The van der Waals surface area contributed by atoms with E-state index in [4.69, 9.17) is 16.7 Å². The summed E-state index contributed by atoms with van der Waals surface area (Å²) in [5, 5.41) is 10.4. The minimum absolute atomic E-state index is 0. The molecule has 25 heavy (non-hydrogen) atoms. The summed E-state index contributed by atoms with van der Waals surface area (Å²) >= 11 is 7.32. The number of carboxylic acid groups (broad SMARTS) is 1. The van der Waals surface area contributed by atoms with Crippen molar-refractivity contribution in [2.75, 3.05) is 13.1 Å². The van der Waals surface area contributed by atoms with Crippen LogP contribution in [0.15, 0.2) is 24.3 Å². The number of carboxylic acids is 1. The number of thiazole rings is 1. The van der Waals surface area contributed by atoms with Crippen LogP contribution in [-0.4, -0.2) is 40.0 Å². The van der Waals surface area contributed by atoms with Crippen molar-refractivity contribution < 1.29 is 14.7 Å². The summed E-state index contributed by atoms with van der Waals surface area (Å²) in [6.07, 6.45) is 0.500. The lowest BCUT2D eigenvalue weighted by atomic mass is 10.1. The van der Waals surface area contributed by atoms with Gasteiger partial charge in [-0.25, -0.2) is 4.98 Å². The molecule has 9 heteroatoms. The normalized spacial score (nSPS) is 16.1. The minimum atomic E-state index is -0.846. The van der Waals surface area contributed by atoms with Gasteiger partial charge >= 0.3 is 5.97 Å². The van der Waals surface area contributed by atoms with Gasteiger partial charge in [0.2, 0.25) is 0 Å². The number of likely N-dealkylation sites (tertiary alicyclic amines) is 1. The van der Waals surface area contributed by atoms with E-state index in [0.29, 0.717) is 28.6 Å². The number of nitrogens with zero attached hydrogens (tertiary/aromatic N) is 2. The number of benzene rings is 1. The van der Waals surface area contributed by atoms with Crippen LogP contribution in [0.2, 0.25) is 5.02 Å². The molecular weight excluding hydrogens is 407 g/mol. The van der Waals surface area contributed by atoms with Crippen LogP contribution in [0.25, 0.3) is 10.6 Å². The number of halogens is 3. The maximum absolute atomic E-state index is 12.6. The van der Waals surface area contributed by atoms with Crippen molar-refractivity contribution in [3.05, 3.63) is 39.9 Å². The van der Waals surface area contributed by atoms with E-state index >= 15 is 0 Å². The Morgan fingerprint density at radius 2 is 2.08 bits per heavy atom. The van der Waals surface area contributed by atoms with Gasteiger partial charge in [-0.3, -0.25) is 9.59 Å². The molecule has 1 aliphatic rings. The predicted octanol–water partition coefficient (Wildman–Crippen LogP) is 4.16. The molecule has 3 rings (SSSR count). The van der Waals surface area contributed by atoms with Gasteiger partial charge in [-0.1, -0.05) is 23.7 Å². The number of hydrogen-bond donors (Lipinski definition) is 1. The molecule has 1 amide bonds. The van der Waals surface area contributed by atoms with Crippen molar-refractivity contribution in [3.8, 4) is 10.6 Å². The van der Waals surface area contributed by atoms with E-state index in [2.05, 4.69) is 4.98 Å². The van der Waals surface area contributed by atoms with Gasteiger partial charge in [0.05, 0.1) is 11.6 Å². The van der Waals surface area contributed by atoms with Gasteiger partial charge in [0.25, 0.3) is 5.91 Å². The van der Waals surface area contributed by atoms with Crippen molar-refractivity contribution >= 4 is 59.6 Å². The maximum Gasteiger partial charge on any atom is 0.308 e. The zero-order chi connectivity index (χ0) is 16.6. The van der Waals surface area contributed by atoms with Crippen LogP contribution in [0.5, 0.6) is 0 Å². The van der Waals surface area contributed by atoms with Crippen LogP contribution in [0.4, 0.5) is 0 Å². The molecule has 0 bridgehead atoms. The summed E-state index contributed by atoms with van der Waals surface area (Å²) in [5.41, 5.74) is 1.53. The lowest BCUT2D eigenvalue weighted by Gasteiger charge is -2.14. The second kappa shape index (κ2) is 8.85. The first-order valence-electron chi connectivity index (χ1n) is 7.21. The molecule has 1 N–H and O–H groups in total. The molecule has 0 radical (unpaired) electrons. The zero-order valence-corrected chi connectivity index (χ0v) is 16.5. The third-order valence-electron chi connectivity index (χ3n) is 3.89.